The molecule has 5 heteroatoms. The number of hydrogen-bond acceptors (Lipinski definition) is 5. The molecule has 0 fully saturated rings. The minimum absolute atomic E-state index is 0.866. The summed E-state index contributed by atoms with van der Waals surface area (Å²) in [5.74, 6) is 1.73. The molecule has 0 saturated carbocycles. The number of benzene rings is 2. The van der Waals surface area contributed by atoms with Crippen molar-refractivity contribution in [2.24, 2.45) is 0 Å². The maximum absolute atomic E-state index is 5.20. The number of methoxy groups -OCH3 is 2. The van der Waals surface area contributed by atoms with Gasteiger partial charge in [-0.05, 0) is 24.3 Å². The summed E-state index contributed by atoms with van der Waals surface area (Å²) < 4.78 is 10.4. The minimum Gasteiger partial charge on any atom is -0.497 e. The van der Waals surface area contributed by atoms with E-state index in [4.69, 9.17) is 9.47 Å². The zero-order valence-corrected chi connectivity index (χ0v) is 13.8. The smallest absolute Gasteiger partial charge is 0.120 e. The van der Waals surface area contributed by atoms with E-state index in [0.29, 0.717) is 0 Å². The Morgan fingerprint density at radius 3 is 1.61 bits per heavy atom. The molecule has 0 bridgehead atoms. The van der Waals surface area contributed by atoms with Crippen molar-refractivity contribution in [3.63, 3.8) is 0 Å². The number of ether oxygens (including phenoxy) is 2. The maximum Gasteiger partial charge on any atom is 0.120 e. The molecule has 0 radical (unpaired) electrons. The number of anilines is 2. The molecule has 0 saturated heterocycles. The Kier molecular flexibility index (Phi) is 7.07. The first kappa shape index (κ1) is 17.0. The third-order valence-electron chi connectivity index (χ3n) is 3.40. The molecule has 0 aromatic heterocycles. The highest BCUT2D eigenvalue weighted by atomic mass is 16.5. The Morgan fingerprint density at radius 2 is 1.17 bits per heavy atom. The van der Waals surface area contributed by atoms with Crippen LogP contribution in [0.2, 0.25) is 0 Å². The molecule has 0 amide bonds. The van der Waals surface area contributed by atoms with Crippen LogP contribution in [0.15, 0.2) is 48.5 Å². The Balaban J connectivity index is 1.57. The zero-order valence-electron chi connectivity index (χ0n) is 13.8. The predicted octanol–water partition coefficient (Wildman–Crippen LogP) is 2.82. The van der Waals surface area contributed by atoms with Crippen molar-refractivity contribution in [3.8, 4) is 11.5 Å². The summed E-state index contributed by atoms with van der Waals surface area (Å²) >= 11 is 0. The van der Waals surface area contributed by atoms with Gasteiger partial charge in [-0.2, -0.15) is 0 Å². The van der Waals surface area contributed by atoms with Gasteiger partial charge in [-0.25, -0.2) is 0 Å². The number of rotatable bonds is 10. The molecule has 124 valence electrons. The van der Waals surface area contributed by atoms with Gasteiger partial charge in [-0.1, -0.05) is 12.1 Å². The average Bonchev–Trinajstić information content (AvgIpc) is 2.61. The maximum atomic E-state index is 5.20. The van der Waals surface area contributed by atoms with E-state index in [0.717, 1.165) is 49.1 Å². The molecule has 0 atom stereocenters. The molecule has 0 unspecified atom stereocenters. The van der Waals surface area contributed by atoms with Gasteiger partial charge in [0, 0.05) is 49.7 Å². The van der Waals surface area contributed by atoms with Crippen LogP contribution in [0.4, 0.5) is 11.4 Å². The highest BCUT2D eigenvalue weighted by Crippen LogP contribution is 2.16. The van der Waals surface area contributed by atoms with E-state index in [1.54, 1.807) is 14.2 Å². The summed E-state index contributed by atoms with van der Waals surface area (Å²) in [6.45, 7) is 3.53. The lowest BCUT2D eigenvalue weighted by Crippen LogP contribution is -2.27. The van der Waals surface area contributed by atoms with Crippen LogP contribution in [0.1, 0.15) is 0 Å². The molecule has 2 aromatic rings. The summed E-state index contributed by atoms with van der Waals surface area (Å²) in [6, 6.07) is 15.9. The summed E-state index contributed by atoms with van der Waals surface area (Å²) in [4.78, 5) is 0. The van der Waals surface area contributed by atoms with Crippen LogP contribution in [-0.2, 0) is 0 Å². The molecule has 3 N–H and O–H groups in total. The molecular formula is C18H25N3O2. The van der Waals surface area contributed by atoms with Crippen molar-refractivity contribution < 1.29 is 9.47 Å². The van der Waals surface area contributed by atoms with Gasteiger partial charge in [0.1, 0.15) is 11.5 Å². The van der Waals surface area contributed by atoms with E-state index in [9.17, 15) is 0 Å². The fourth-order valence-electron chi connectivity index (χ4n) is 2.18. The summed E-state index contributed by atoms with van der Waals surface area (Å²) in [5.41, 5.74) is 2.14. The third-order valence-corrected chi connectivity index (χ3v) is 3.40. The second-order valence-corrected chi connectivity index (χ2v) is 5.07. The Hall–Kier alpha value is -2.40. The molecule has 23 heavy (non-hydrogen) atoms. The predicted molar refractivity (Wildman–Crippen MR) is 95.8 cm³/mol. The van der Waals surface area contributed by atoms with Crippen LogP contribution in [-0.4, -0.2) is 40.4 Å². The fourth-order valence-corrected chi connectivity index (χ4v) is 2.18. The lowest BCUT2D eigenvalue weighted by atomic mass is 10.3. The molecule has 0 aliphatic heterocycles. The Bertz CT molecular complexity index is 538. The highest BCUT2D eigenvalue weighted by molar-refractivity contribution is 5.48. The van der Waals surface area contributed by atoms with Crippen LogP contribution in [0, 0.1) is 0 Å². The van der Waals surface area contributed by atoms with Crippen LogP contribution in [0.25, 0.3) is 0 Å². The van der Waals surface area contributed by atoms with E-state index in [1.807, 2.05) is 48.5 Å². The van der Waals surface area contributed by atoms with Gasteiger partial charge in [0.25, 0.3) is 0 Å². The fraction of sp³-hybridized carbons (Fsp3) is 0.333. The average molecular weight is 315 g/mol. The van der Waals surface area contributed by atoms with E-state index in [1.165, 1.54) is 0 Å². The van der Waals surface area contributed by atoms with Crippen molar-refractivity contribution in [1.29, 1.82) is 0 Å². The SMILES string of the molecule is COc1cccc(NCCNCCNc2cccc(OC)c2)c1. The second-order valence-electron chi connectivity index (χ2n) is 5.07. The van der Waals surface area contributed by atoms with E-state index in [2.05, 4.69) is 16.0 Å². The van der Waals surface area contributed by atoms with E-state index in [-0.39, 0.29) is 0 Å². The van der Waals surface area contributed by atoms with Crippen LogP contribution < -0.4 is 25.4 Å². The highest BCUT2D eigenvalue weighted by Gasteiger charge is 1.96. The van der Waals surface area contributed by atoms with Crippen molar-refractivity contribution >= 4 is 11.4 Å². The third kappa shape index (κ3) is 6.08. The molecule has 2 rings (SSSR count). The van der Waals surface area contributed by atoms with Crippen LogP contribution >= 0.6 is 0 Å². The van der Waals surface area contributed by atoms with Crippen molar-refractivity contribution in [2.75, 3.05) is 51.0 Å². The van der Waals surface area contributed by atoms with Crippen molar-refractivity contribution in [2.45, 2.75) is 0 Å². The van der Waals surface area contributed by atoms with Crippen LogP contribution in [0.5, 0.6) is 11.5 Å². The van der Waals surface area contributed by atoms with Gasteiger partial charge >= 0.3 is 0 Å². The van der Waals surface area contributed by atoms with Crippen LogP contribution in [0.3, 0.4) is 0 Å². The van der Waals surface area contributed by atoms with Gasteiger partial charge in [0.15, 0.2) is 0 Å². The lowest BCUT2D eigenvalue weighted by Gasteiger charge is -2.10. The first-order valence-electron chi connectivity index (χ1n) is 7.78. The van der Waals surface area contributed by atoms with Gasteiger partial charge < -0.3 is 25.4 Å². The standard InChI is InChI=1S/C18H25N3O2/c1-22-17-7-3-5-15(13-17)20-11-9-19-10-12-21-16-6-4-8-18(14-16)23-2/h3-8,13-14,19-21H,9-12H2,1-2H3. The first-order chi connectivity index (χ1) is 11.3. The summed E-state index contributed by atoms with van der Waals surface area (Å²) in [7, 11) is 3.35. The molecule has 2 aromatic carbocycles. The minimum atomic E-state index is 0.866. The Labute approximate surface area is 138 Å². The monoisotopic (exact) mass is 315 g/mol. The molecule has 0 spiro atoms. The first-order valence-corrected chi connectivity index (χ1v) is 7.78. The van der Waals surface area contributed by atoms with E-state index < -0.39 is 0 Å². The number of hydrogen-bond donors (Lipinski definition) is 3. The topological polar surface area (TPSA) is 54.5 Å². The quantitative estimate of drug-likeness (QED) is 0.589. The van der Waals surface area contributed by atoms with Crippen molar-refractivity contribution in [3.05, 3.63) is 48.5 Å². The molecular weight excluding hydrogens is 290 g/mol. The Morgan fingerprint density at radius 1 is 0.696 bits per heavy atom. The summed E-state index contributed by atoms with van der Waals surface area (Å²) in [5, 5.41) is 10.1. The van der Waals surface area contributed by atoms with Gasteiger partial charge in [-0.3, -0.25) is 0 Å². The lowest BCUT2D eigenvalue weighted by molar-refractivity contribution is 0.415. The van der Waals surface area contributed by atoms with E-state index >= 15 is 0 Å². The molecule has 5 nitrogen and oxygen atoms in total. The summed E-state index contributed by atoms with van der Waals surface area (Å²) in [6.07, 6.45) is 0. The van der Waals surface area contributed by atoms with Gasteiger partial charge in [0.05, 0.1) is 14.2 Å². The molecule has 0 aliphatic rings. The largest absolute Gasteiger partial charge is 0.497 e. The second kappa shape index (κ2) is 9.58. The normalized spacial score (nSPS) is 10.2. The molecule has 0 aliphatic carbocycles. The van der Waals surface area contributed by atoms with Crippen molar-refractivity contribution in [1.82, 2.24) is 5.32 Å². The molecule has 0 heterocycles. The van der Waals surface area contributed by atoms with Gasteiger partial charge in [0.2, 0.25) is 0 Å². The zero-order chi connectivity index (χ0) is 16.3. The van der Waals surface area contributed by atoms with Gasteiger partial charge in [-0.15, -0.1) is 0 Å². The number of nitrogens with one attached hydrogen (secondary N) is 3.